The number of halogens is 2. The minimum Gasteiger partial charge on any atom is -0.480 e. The summed E-state index contributed by atoms with van der Waals surface area (Å²) < 4.78 is 28.9. The number of nitrogens with two attached hydrogens (primary N) is 1. The van der Waals surface area contributed by atoms with Crippen LogP contribution < -0.4 is 32.3 Å². The largest absolute Gasteiger partial charge is 0.480 e. The highest BCUT2D eigenvalue weighted by Crippen LogP contribution is 2.47. The molecule has 1 aliphatic carbocycles. The molecule has 0 radical (unpaired) electrons. The van der Waals surface area contributed by atoms with Crippen LogP contribution in [0.2, 0.25) is 0 Å². The first kappa shape index (κ1) is 23.2. The van der Waals surface area contributed by atoms with Gasteiger partial charge >= 0.3 is 5.97 Å². The molecule has 13 heteroatoms. The molecule has 1 amide bonds. The van der Waals surface area contributed by atoms with Crippen molar-refractivity contribution < 1.29 is 28.6 Å². The molecule has 35 heavy (non-hydrogen) atoms. The van der Waals surface area contributed by atoms with E-state index in [-0.39, 0.29) is 42.8 Å². The number of nitrogens with one attached hydrogen (secondary N) is 5. The summed E-state index contributed by atoms with van der Waals surface area (Å²) in [5, 5.41) is 37.1. The highest BCUT2D eigenvalue weighted by Gasteiger charge is 2.74. The standard InChI is InChI=1S/C22H29F2N7O4/c1-20(35)12(26-17(32)10-4-2-6-11-9(10)5-3-7-21(11,23)24)8-31-16-15(29-16)27-13(18(33)34)14-22(20,31)30-19(25)28-14/h2,4,6,12-16,19,27-30,35H,3,5,7-8,25H2,1H3,(H,26,32)(H,33,34)/t12?,13-,14?,15?,16?,19?,20+,22?/m1/s1. The molecule has 0 aromatic heterocycles. The molecule has 1 aromatic rings. The number of carboxylic acids is 1. The van der Waals surface area contributed by atoms with E-state index in [1.54, 1.807) is 0 Å². The maximum absolute atomic E-state index is 14.5. The quantitative estimate of drug-likeness (QED) is 0.222. The summed E-state index contributed by atoms with van der Waals surface area (Å²) in [6.07, 6.45) is -1.02. The number of carboxylic acid groups (broad SMARTS) is 1. The van der Waals surface area contributed by atoms with E-state index < -0.39 is 53.5 Å². The van der Waals surface area contributed by atoms with Gasteiger partial charge in [0.05, 0.1) is 24.4 Å². The number of benzene rings is 1. The smallest absolute Gasteiger partial charge is 0.322 e. The lowest BCUT2D eigenvalue weighted by molar-refractivity contribution is -0.143. The highest BCUT2D eigenvalue weighted by molar-refractivity contribution is 5.96. The first-order chi connectivity index (χ1) is 16.5. The molecule has 1 spiro atoms. The van der Waals surface area contributed by atoms with Gasteiger partial charge in [-0.2, -0.15) is 0 Å². The summed E-state index contributed by atoms with van der Waals surface area (Å²) in [5.41, 5.74) is 3.47. The van der Waals surface area contributed by atoms with Gasteiger partial charge in [-0.3, -0.25) is 35.8 Å². The van der Waals surface area contributed by atoms with E-state index >= 15 is 0 Å². The Morgan fingerprint density at radius 3 is 2.77 bits per heavy atom. The third kappa shape index (κ3) is 3.13. The fourth-order valence-electron chi connectivity index (χ4n) is 6.65. The molecule has 4 heterocycles. The molecule has 4 saturated heterocycles. The third-order valence-electron chi connectivity index (χ3n) is 8.36. The maximum atomic E-state index is 14.5. The van der Waals surface area contributed by atoms with Crippen LogP contribution >= 0.6 is 0 Å². The number of alkyl halides is 2. The van der Waals surface area contributed by atoms with Crippen LogP contribution in [0.5, 0.6) is 0 Å². The number of carbonyl (C=O) groups excluding carboxylic acids is 1. The number of rotatable bonds is 3. The van der Waals surface area contributed by atoms with E-state index in [1.807, 2.05) is 4.90 Å². The van der Waals surface area contributed by atoms with Gasteiger partial charge in [0.1, 0.15) is 23.6 Å². The van der Waals surface area contributed by atoms with Crippen molar-refractivity contribution in [3.63, 3.8) is 0 Å². The second kappa shape index (κ2) is 7.38. The van der Waals surface area contributed by atoms with Gasteiger partial charge in [-0.05, 0) is 31.4 Å². The molecular weight excluding hydrogens is 464 g/mol. The van der Waals surface area contributed by atoms with Crippen LogP contribution in [0, 0.1) is 0 Å². The van der Waals surface area contributed by atoms with Gasteiger partial charge in [0.25, 0.3) is 11.8 Å². The van der Waals surface area contributed by atoms with Crippen molar-refractivity contribution in [2.24, 2.45) is 5.73 Å². The maximum Gasteiger partial charge on any atom is 0.322 e. The number of amides is 1. The molecule has 0 saturated carbocycles. The lowest BCUT2D eigenvalue weighted by Crippen LogP contribution is -2.75. The topological polar surface area (TPSA) is 174 Å². The SMILES string of the molecule is C[C@]1(O)C(NC(=O)c2cccc3c2CCCC3(F)F)CN2C3NC3N[C@@H](C(=O)O)C3NC(N)NC321. The molecule has 190 valence electrons. The van der Waals surface area contributed by atoms with E-state index in [2.05, 4.69) is 26.6 Å². The van der Waals surface area contributed by atoms with Crippen molar-refractivity contribution in [2.45, 2.75) is 80.1 Å². The molecule has 4 fully saturated rings. The van der Waals surface area contributed by atoms with E-state index in [0.29, 0.717) is 12.0 Å². The van der Waals surface area contributed by atoms with Crippen LogP contribution in [-0.2, 0) is 17.1 Å². The van der Waals surface area contributed by atoms with E-state index in [9.17, 15) is 28.6 Å². The van der Waals surface area contributed by atoms with Gasteiger partial charge in [-0.25, -0.2) is 8.78 Å². The van der Waals surface area contributed by atoms with E-state index in [1.165, 1.54) is 25.1 Å². The second-order valence-corrected chi connectivity index (χ2v) is 10.3. The lowest BCUT2D eigenvalue weighted by Gasteiger charge is -2.47. The predicted molar refractivity (Wildman–Crippen MR) is 118 cm³/mol. The minimum atomic E-state index is -2.99. The van der Waals surface area contributed by atoms with Gasteiger partial charge in [-0.1, -0.05) is 12.1 Å². The Labute approximate surface area is 199 Å². The van der Waals surface area contributed by atoms with Crippen molar-refractivity contribution >= 4 is 11.9 Å². The van der Waals surface area contributed by atoms with Crippen molar-refractivity contribution in [3.8, 4) is 0 Å². The summed E-state index contributed by atoms with van der Waals surface area (Å²) >= 11 is 0. The molecule has 11 nitrogen and oxygen atoms in total. The molecule has 0 bridgehead atoms. The van der Waals surface area contributed by atoms with Crippen LogP contribution in [0.25, 0.3) is 0 Å². The predicted octanol–water partition coefficient (Wildman–Crippen LogP) is -1.91. The number of fused-ring (bicyclic) bond motifs is 3. The van der Waals surface area contributed by atoms with Crippen LogP contribution in [0.4, 0.5) is 8.78 Å². The van der Waals surface area contributed by atoms with Gasteiger partial charge in [0.15, 0.2) is 0 Å². The van der Waals surface area contributed by atoms with Gasteiger partial charge in [0.2, 0.25) is 0 Å². The number of nitrogens with zero attached hydrogens (tertiary/aromatic N) is 1. The molecule has 6 rings (SSSR count). The van der Waals surface area contributed by atoms with E-state index in [0.717, 1.165) is 0 Å². The zero-order chi connectivity index (χ0) is 24.9. The molecule has 1 aromatic carbocycles. The monoisotopic (exact) mass is 493 g/mol. The molecular formula is C22H29F2N7O4. The van der Waals surface area contributed by atoms with Crippen LogP contribution in [0.15, 0.2) is 18.2 Å². The molecule has 6 unspecified atom stereocenters. The number of aliphatic hydroxyl groups is 1. The minimum absolute atomic E-state index is 0.129. The van der Waals surface area contributed by atoms with Gasteiger partial charge in [-0.15, -0.1) is 0 Å². The summed E-state index contributed by atoms with van der Waals surface area (Å²) in [4.78, 5) is 27.4. The average Bonchev–Trinajstić information content (AvgIpc) is 3.42. The summed E-state index contributed by atoms with van der Waals surface area (Å²) in [6, 6.07) is 1.58. The number of hydrogen-bond donors (Lipinski definition) is 8. The van der Waals surface area contributed by atoms with Crippen molar-refractivity contribution in [3.05, 3.63) is 34.9 Å². The Hall–Kier alpha value is -2.26. The Morgan fingerprint density at radius 2 is 2.03 bits per heavy atom. The third-order valence-corrected chi connectivity index (χ3v) is 8.36. The van der Waals surface area contributed by atoms with Crippen molar-refractivity contribution in [1.82, 2.24) is 31.5 Å². The molecule has 9 N–H and O–H groups in total. The summed E-state index contributed by atoms with van der Waals surface area (Å²) in [6.45, 7) is 1.72. The highest BCUT2D eigenvalue weighted by atomic mass is 19.3. The molecule has 5 aliphatic rings. The number of aliphatic carboxylic acids is 1. The van der Waals surface area contributed by atoms with Crippen LogP contribution in [0.3, 0.4) is 0 Å². The molecule has 8 atom stereocenters. The van der Waals surface area contributed by atoms with Crippen molar-refractivity contribution in [1.29, 1.82) is 0 Å². The fourth-order valence-corrected chi connectivity index (χ4v) is 6.65. The Morgan fingerprint density at radius 1 is 1.26 bits per heavy atom. The molecule has 4 aliphatic heterocycles. The normalized spacial score (nSPS) is 43.3. The van der Waals surface area contributed by atoms with Crippen LogP contribution in [0.1, 0.15) is 41.3 Å². The first-order valence-corrected chi connectivity index (χ1v) is 11.8. The Kier molecular flexibility index (Phi) is 4.88. The zero-order valence-corrected chi connectivity index (χ0v) is 19.0. The van der Waals surface area contributed by atoms with Gasteiger partial charge < -0.3 is 21.3 Å². The number of carbonyl (C=O) groups is 2. The first-order valence-electron chi connectivity index (χ1n) is 11.8. The Bertz CT molecular complexity index is 1100. The fraction of sp³-hybridized carbons (Fsp3) is 0.636. The zero-order valence-electron chi connectivity index (χ0n) is 19.0. The second-order valence-electron chi connectivity index (χ2n) is 10.3. The van der Waals surface area contributed by atoms with Crippen LogP contribution in [-0.4, -0.2) is 81.5 Å². The Balaban J connectivity index is 1.35. The van der Waals surface area contributed by atoms with E-state index in [4.69, 9.17) is 5.73 Å². The van der Waals surface area contributed by atoms with Crippen molar-refractivity contribution in [2.75, 3.05) is 6.54 Å². The lowest BCUT2D eigenvalue weighted by atomic mass is 9.79. The van der Waals surface area contributed by atoms with Gasteiger partial charge in [0, 0.05) is 24.1 Å². The summed E-state index contributed by atoms with van der Waals surface area (Å²) in [5.74, 6) is -4.65. The number of hydrogen-bond acceptors (Lipinski definition) is 9. The average molecular weight is 494 g/mol. The summed E-state index contributed by atoms with van der Waals surface area (Å²) in [7, 11) is 0.